The van der Waals surface area contributed by atoms with Gasteiger partial charge in [0.05, 0.1) is 6.61 Å². The molecule has 5 heteroatoms. The normalized spacial score (nSPS) is 10.3. The van der Waals surface area contributed by atoms with Crippen molar-refractivity contribution in [2.75, 3.05) is 18.5 Å². The highest BCUT2D eigenvalue weighted by atomic mass is 16.5. The number of aryl methyl sites for hydroxylation is 2. The molecule has 0 aliphatic carbocycles. The van der Waals surface area contributed by atoms with Crippen LogP contribution >= 0.6 is 0 Å². The molecule has 0 saturated heterocycles. The highest BCUT2D eigenvalue weighted by Gasteiger charge is 2.12. The molecule has 0 spiro atoms. The Morgan fingerprint density at radius 3 is 2.55 bits per heavy atom. The van der Waals surface area contributed by atoms with E-state index in [-0.39, 0.29) is 19.1 Å². The Hall–Kier alpha value is -2.27. The molecule has 0 bridgehead atoms. The van der Waals surface area contributed by atoms with Crippen molar-refractivity contribution in [1.82, 2.24) is 0 Å². The third-order valence-electron chi connectivity index (χ3n) is 2.86. The predicted octanol–water partition coefficient (Wildman–Crippen LogP) is 2.52. The van der Waals surface area contributed by atoms with E-state index in [2.05, 4.69) is 5.32 Å². The van der Waals surface area contributed by atoms with Crippen LogP contribution in [0.1, 0.15) is 21.9 Å². The smallest absolute Gasteiger partial charge is 0.291 e. The topological polar surface area (TPSA) is 71.7 Å². The second kappa shape index (κ2) is 6.25. The number of rotatable bonds is 5. The Kier molecular flexibility index (Phi) is 4.42. The largest absolute Gasteiger partial charge is 0.491 e. The van der Waals surface area contributed by atoms with Crippen molar-refractivity contribution in [3.63, 3.8) is 0 Å². The minimum Gasteiger partial charge on any atom is -0.491 e. The summed E-state index contributed by atoms with van der Waals surface area (Å²) in [7, 11) is 0. The van der Waals surface area contributed by atoms with Crippen molar-refractivity contribution in [2.24, 2.45) is 0 Å². The summed E-state index contributed by atoms with van der Waals surface area (Å²) < 4.78 is 10.6. The van der Waals surface area contributed by atoms with Crippen molar-refractivity contribution in [3.05, 3.63) is 47.4 Å². The van der Waals surface area contributed by atoms with Gasteiger partial charge < -0.3 is 19.6 Å². The average Bonchev–Trinajstić information content (AvgIpc) is 2.78. The van der Waals surface area contributed by atoms with Crippen LogP contribution in [-0.2, 0) is 0 Å². The van der Waals surface area contributed by atoms with Gasteiger partial charge in [0.15, 0.2) is 5.76 Å². The number of ether oxygens (including phenoxy) is 1. The molecule has 0 aliphatic rings. The van der Waals surface area contributed by atoms with Crippen molar-refractivity contribution in [3.8, 4) is 5.75 Å². The lowest BCUT2D eigenvalue weighted by molar-refractivity contribution is 0.0995. The zero-order valence-corrected chi connectivity index (χ0v) is 11.5. The molecule has 0 saturated carbocycles. The lowest BCUT2D eigenvalue weighted by Gasteiger charge is -2.06. The van der Waals surface area contributed by atoms with Crippen LogP contribution < -0.4 is 10.1 Å². The van der Waals surface area contributed by atoms with Gasteiger partial charge in [0.1, 0.15) is 18.1 Å². The summed E-state index contributed by atoms with van der Waals surface area (Å²) in [6.07, 6.45) is 0. The molecular weight excluding hydrogens is 258 g/mol. The van der Waals surface area contributed by atoms with Crippen molar-refractivity contribution in [1.29, 1.82) is 0 Å². The van der Waals surface area contributed by atoms with Gasteiger partial charge in [0, 0.05) is 5.69 Å². The Morgan fingerprint density at radius 2 is 2.00 bits per heavy atom. The summed E-state index contributed by atoms with van der Waals surface area (Å²) in [4.78, 5) is 12.0. The number of aliphatic hydroxyl groups is 1. The molecule has 0 unspecified atom stereocenters. The van der Waals surface area contributed by atoms with E-state index in [1.807, 2.05) is 13.8 Å². The third kappa shape index (κ3) is 3.39. The SMILES string of the molecule is Cc1cc(C(=O)Nc2ccc(OCCO)cc2)oc1C. The second-order valence-electron chi connectivity index (χ2n) is 4.40. The van der Waals surface area contributed by atoms with E-state index in [1.165, 1.54) is 0 Å². The molecule has 2 aromatic rings. The van der Waals surface area contributed by atoms with Gasteiger partial charge in [-0.15, -0.1) is 0 Å². The van der Waals surface area contributed by atoms with E-state index in [0.717, 1.165) is 11.3 Å². The zero-order valence-electron chi connectivity index (χ0n) is 11.5. The van der Waals surface area contributed by atoms with Gasteiger partial charge in [-0.2, -0.15) is 0 Å². The number of hydrogen-bond donors (Lipinski definition) is 2. The molecule has 2 rings (SSSR count). The number of anilines is 1. The van der Waals surface area contributed by atoms with Gasteiger partial charge in [0.25, 0.3) is 5.91 Å². The molecule has 1 amide bonds. The number of amides is 1. The Labute approximate surface area is 117 Å². The molecule has 20 heavy (non-hydrogen) atoms. The number of benzene rings is 1. The first-order valence-corrected chi connectivity index (χ1v) is 6.32. The van der Waals surface area contributed by atoms with Crippen LogP contribution in [0.15, 0.2) is 34.7 Å². The fourth-order valence-electron chi connectivity index (χ4n) is 1.68. The summed E-state index contributed by atoms with van der Waals surface area (Å²) in [6.45, 7) is 3.93. The number of carbonyl (C=O) groups is 1. The van der Waals surface area contributed by atoms with Crippen LogP contribution in [0.4, 0.5) is 5.69 Å². The molecule has 1 aromatic carbocycles. The van der Waals surface area contributed by atoms with Crippen LogP contribution in [0.3, 0.4) is 0 Å². The summed E-state index contributed by atoms with van der Waals surface area (Å²) in [6, 6.07) is 8.62. The maximum atomic E-state index is 12.0. The standard InChI is InChI=1S/C15H17NO4/c1-10-9-14(20-11(10)2)15(18)16-12-3-5-13(6-4-12)19-8-7-17/h3-6,9,17H,7-8H2,1-2H3,(H,16,18). The zero-order chi connectivity index (χ0) is 14.5. The van der Waals surface area contributed by atoms with Crippen molar-refractivity contribution < 1.29 is 19.1 Å². The fourth-order valence-corrected chi connectivity index (χ4v) is 1.68. The molecule has 5 nitrogen and oxygen atoms in total. The van der Waals surface area contributed by atoms with Crippen molar-refractivity contribution in [2.45, 2.75) is 13.8 Å². The molecule has 2 N–H and O–H groups in total. The summed E-state index contributed by atoms with van der Waals surface area (Å²) in [5, 5.41) is 11.4. The summed E-state index contributed by atoms with van der Waals surface area (Å²) in [5.41, 5.74) is 1.60. The van der Waals surface area contributed by atoms with Crippen LogP contribution in [-0.4, -0.2) is 24.2 Å². The molecular formula is C15H17NO4. The number of nitrogens with one attached hydrogen (secondary N) is 1. The number of furan rings is 1. The first-order chi connectivity index (χ1) is 9.60. The minimum atomic E-state index is -0.287. The van der Waals surface area contributed by atoms with Crippen LogP contribution in [0.2, 0.25) is 0 Å². The van der Waals surface area contributed by atoms with E-state index < -0.39 is 0 Å². The number of carbonyl (C=O) groups excluding carboxylic acids is 1. The lowest BCUT2D eigenvalue weighted by atomic mass is 10.2. The summed E-state index contributed by atoms with van der Waals surface area (Å²) in [5.74, 6) is 1.38. The first-order valence-electron chi connectivity index (χ1n) is 6.32. The Balaban J connectivity index is 2.00. The molecule has 106 valence electrons. The van der Waals surface area contributed by atoms with Gasteiger partial charge in [-0.3, -0.25) is 4.79 Å². The quantitative estimate of drug-likeness (QED) is 0.879. The fraction of sp³-hybridized carbons (Fsp3) is 0.267. The van der Waals surface area contributed by atoms with E-state index in [9.17, 15) is 4.79 Å². The highest BCUT2D eigenvalue weighted by Crippen LogP contribution is 2.18. The minimum absolute atomic E-state index is 0.0321. The number of hydrogen-bond acceptors (Lipinski definition) is 4. The third-order valence-corrected chi connectivity index (χ3v) is 2.86. The molecule has 0 atom stereocenters. The first kappa shape index (κ1) is 14.1. The second-order valence-corrected chi connectivity index (χ2v) is 4.40. The average molecular weight is 275 g/mol. The van der Waals surface area contributed by atoms with Crippen LogP contribution in [0.25, 0.3) is 0 Å². The Bertz CT molecular complexity index is 567. The maximum Gasteiger partial charge on any atom is 0.291 e. The monoisotopic (exact) mass is 275 g/mol. The van der Waals surface area contributed by atoms with Crippen molar-refractivity contribution >= 4 is 11.6 Å². The molecule has 0 aliphatic heterocycles. The predicted molar refractivity (Wildman–Crippen MR) is 75.2 cm³/mol. The molecule has 1 aromatic heterocycles. The van der Waals surface area contributed by atoms with E-state index in [4.69, 9.17) is 14.3 Å². The van der Waals surface area contributed by atoms with Gasteiger partial charge in [-0.05, 0) is 49.7 Å². The van der Waals surface area contributed by atoms with Crippen LogP contribution in [0.5, 0.6) is 5.75 Å². The highest BCUT2D eigenvalue weighted by molar-refractivity contribution is 6.02. The lowest BCUT2D eigenvalue weighted by Crippen LogP contribution is -2.10. The van der Waals surface area contributed by atoms with Gasteiger partial charge >= 0.3 is 0 Å². The summed E-state index contributed by atoms with van der Waals surface area (Å²) >= 11 is 0. The molecule has 0 fully saturated rings. The Morgan fingerprint density at radius 1 is 1.30 bits per heavy atom. The molecule has 0 radical (unpaired) electrons. The van der Waals surface area contributed by atoms with Gasteiger partial charge in [-0.25, -0.2) is 0 Å². The number of aliphatic hydroxyl groups excluding tert-OH is 1. The molecule has 1 heterocycles. The van der Waals surface area contributed by atoms with E-state index in [1.54, 1.807) is 30.3 Å². The van der Waals surface area contributed by atoms with Crippen LogP contribution in [0, 0.1) is 13.8 Å². The maximum absolute atomic E-state index is 12.0. The van der Waals surface area contributed by atoms with E-state index in [0.29, 0.717) is 17.2 Å². The van der Waals surface area contributed by atoms with Gasteiger partial charge in [0.2, 0.25) is 0 Å². The van der Waals surface area contributed by atoms with E-state index >= 15 is 0 Å². The van der Waals surface area contributed by atoms with Gasteiger partial charge in [-0.1, -0.05) is 0 Å².